The van der Waals surface area contributed by atoms with Gasteiger partial charge in [-0.25, -0.2) is 0 Å². The molecular weight excluding hydrogens is 252 g/mol. The maximum absolute atomic E-state index is 11.9. The molecule has 0 saturated heterocycles. The lowest BCUT2D eigenvalue weighted by molar-refractivity contribution is -0.148. The van der Waals surface area contributed by atoms with Gasteiger partial charge < -0.3 is 15.0 Å². The Bertz CT molecular complexity index is 292. The van der Waals surface area contributed by atoms with E-state index >= 15 is 0 Å². The van der Waals surface area contributed by atoms with Crippen LogP contribution in [0.5, 0.6) is 0 Å². The molecule has 20 heavy (non-hydrogen) atoms. The van der Waals surface area contributed by atoms with Gasteiger partial charge in [0.2, 0.25) is 0 Å². The van der Waals surface area contributed by atoms with Gasteiger partial charge in [-0.15, -0.1) is 0 Å². The van der Waals surface area contributed by atoms with Crippen LogP contribution >= 0.6 is 0 Å². The van der Waals surface area contributed by atoms with Crippen molar-refractivity contribution in [1.29, 1.82) is 0 Å². The third-order valence-electron chi connectivity index (χ3n) is 4.19. The molecule has 1 saturated carbocycles. The van der Waals surface area contributed by atoms with E-state index in [1.807, 2.05) is 13.8 Å². The molecule has 1 rings (SSSR count). The Hall–Kier alpha value is -0.610. The SMILES string of the molecule is CCCCN(CCCC(C)(NCC)C(=O)OC)C1CC1. The van der Waals surface area contributed by atoms with Gasteiger partial charge in [0, 0.05) is 6.04 Å². The smallest absolute Gasteiger partial charge is 0.325 e. The van der Waals surface area contributed by atoms with Crippen LogP contribution in [0.4, 0.5) is 0 Å². The van der Waals surface area contributed by atoms with Crippen molar-refractivity contribution in [3.8, 4) is 0 Å². The highest BCUT2D eigenvalue weighted by atomic mass is 16.5. The van der Waals surface area contributed by atoms with E-state index in [-0.39, 0.29) is 5.97 Å². The first-order chi connectivity index (χ1) is 9.57. The molecule has 4 nitrogen and oxygen atoms in total. The largest absolute Gasteiger partial charge is 0.468 e. The molecule has 0 heterocycles. The zero-order valence-corrected chi connectivity index (χ0v) is 13.7. The summed E-state index contributed by atoms with van der Waals surface area (Å²) in [6.07, 6.45) is 7.11. The van der Waals surface area contributed by atoms with Crippen LogP contribution in [0, 0.1) is 0 Å². The molecule has 1 aliphatic carbocycles. The minimum absolute atomic E-state index is 0.147. The normalized spacial score (nSPS) is 18.1. The lowest BCUT2D eigenvalue weighted by Crippen LogP contribution is -2.50. The summed E-state index contributed by atoms with van der Waals surface area (Å²) in [5.74, 6) is -0.147. The first-order valence-corrected chi connectivity index (χ1v) is 8.14. The number of hydrogen-bond acceptors (Lipinski definition) is 4. The Kier molecular flexibility index (Phi) is 7.52. The van der Waals surface area contributed by atoms with Gasteiger partial charge in [0.1, 0.15) is 5.54 Å². The quantitative estimate of drug-likeness (QED) is 0.592. The first-order valence-electron chi connectivity index (χ1n) is 8.14. The lowest BCUT2D eigenvalue weighted by atomic mass is 9.95. The van der Waals surface area contributed by atoms with Crippen LogP contribution in [0.3, 0.4) is 0 Å². The zero-order chi connectivity index (χ0) is 15.0. The molecule has 1 fully saturated rings. The minimum Gasteiger partial charge on any atom is -0.468 e. The minimum atomic E-state index is -0.538. The third-order valence-corrected chi connectivity index (χ3v) is 4.19. The van der Waals surface area contributed by atoms with Crippen molar-refractivity contribution >= 4 is 5.97 Å². The number of nitrogens with zero attached hydrogens (tertiary/aromatic N) is 1. The molecule has 4 heteroatoms. The van der Waals surface area contributed by atoms with E-state index in [1.54, 1.807) is 0 Å². The molecule has 0 aromatic heterocycles. The summed E-state index contributed by atoms with van der Waals surface area (Å²) in [6, 6.07) is 0.810. The number of rotatable bonds is 11. The van der Waals surface area contributed by atoms with Crippen LogP contribution in [0.15, 0.2) is 0 Å². The number of likely N-dealkylation sites (N-methyl/N-ethyl adjacent to an activating group) is 1. The standard InChI is InChI=1S/C16H32N2O2/c1-5-7-12-18(14-9-10-14)13-8-11-16(3,17-6-2)15(19)20-4/h14,17H,5-13H2,1-4H3. The van der Waals surface area contributed by atoms with Crippen molar-refractivity contribution in [1.82, 2.24) is 10.2 Å². The summed E-state index contributed by atoms with van der Waals surface area (Å²) in [5, 5.41) is 3.28. The number of hydrogen-bond donors (Lipinski definition) is 1. The van der Waals surface area contributed by atoms with Crippen LogP contribution in [0.1, 0.15) is 59.3 Å². The van der Waals surface area contributed by atoms with Gasteiger partial charge in [-0.1, -0.05) is 20.3 Å². The second-order valence-corrected chi connectivity index (χ2v) is 6.08. The van der Waals surface area contributed by atoms with E-state index in [4.69, 9.17) is 4.74 Å². The predicted molar refractivity (Wildman–Crippen MR) is 82.8 cm³/mol. The van der Waals surface area contributed by atoms with Crippen molar-refractivity contribution in [2.24, 2.45) is 0 Å². The van der Waals surface area contributed by atoms with Crippen molar-refractivity contribution < 1.29 is 9.53 Å². The van der Waals surface area contributed by atoms with Gasteiger partial charge in [0.25, 0.3) is 0 Å². The third kappa shape index (κ3) is 5.41. The van der Waals surface area contributed by atoms with E-state index in [1.165, 1.54) is 39.3 Å². The Labute approximate surface area is 124 Å². The van der Waals surface area contributed by atoms with Crippen molar-refractivity contribution in [3.05, 3.63) is 0 Å². The molecule has 1 N–H and O–H groups in total. The Balaban J connectivity index is 2.39. The molecule has 0 aromatic carbocycles. The monoisotopic (exact) mass is 284 g/mol. The highest BCUT2D eigenvalue weighted by Gasteiger charge is 2.34. The van der Waals surface area contributed by atoms with Crippen molar-refractivity contribution in [3.63, 3.8) is 0 Å². The molecule has 1 unspecified atom stereocenters. The first kappa shape index (κ1) is 17.4. The molecule has 0 bridgehead atoms. The molecule has 1 atom stereocenters. The van der Waals surface area contributed by atoms with Gasteiger partial charge in [0.15, 0.2) is 0 Å². The molecule has 118 valence electrons. The molecule has 0 amide bonds. The summed E-state index contributed by atoms with van der Waals surface area (Å²) < 4.78 is 4.94. The van der Waals surface area contributed by atoms with E-state index in [2.05, 4.69) is 17.1 Å². The summed E-state index contributed by atoms with van der Waals surface area (Å²) in [6.45, 7) is 9.31. The summed E-state index contributed by atoms with van der Waals surface area (Å²) in [7, 11) is 1.47. The number of esters is 1. The number of carbonyl (C=O) groups is 1. The topological polar surface area (TPSA) is 41.6 Å². The average Bonchev–Trinajstić information content (AvgIpc) is 3.26. The maximum atomic E-state index is 11.9. The zero-order valence-electron chi connectivity index (χ0n) is 13.7. The number of carbonyl (C=O) groups excluding carboxylic acids is 1. The predicted octanol–water partition coefficient (Wildman–Crippen LogP) is 2.57. The molecule has 0 spiro atoms. The second-order valence-electron chi connectivity index (χ2n) is 6.08. The summed E-state index contributed by atoms with van der Waals surface area (Å²) in [5.41, 5.74) is -0.538. The lowest BCUT2D eigenvalue weighted by Gasteiger charge is -2.29. The Morgan fingerprint density at radius 2 is 1.95 bits per heavy atom. The van der Waals surface area contributed by atoms with Crippen LogP contribution in [0.2, 0.25) is 0 Å². The summed E-state index contributed by atoms with van der Waals surface area (Å²) in [4.78, 5) is 14.5. The number of ether oxygens (including phenoxy) is 1. The van der Waals surface area contributed by atoms with E-state index < -0.39 is 5.54 Å². The average molecular weight is 284 g/mol. The van der Waals surface area contributed by atoms with Gasteiger partial charge in [-0.2, -0.15) is 0 Å². The van der Waals surface area contributed by atoms with E-state index in [0.29, 0.717) is 0 Å². The fraction of sp³-hybridized carbons (Fsp3) is 0.938. The molecule has 1 aliphatic rings. The number of unbranched alkanes of at least 4 members (excludes halogenated alkanes) is 1. The van der Waals surface area contributed by atoms with Crippen LogP contribution in [-0.2, 0) is 9.53 Å². The van der Waals surface area contributed by atoms with E-state index in [9.17, 15) is 4.79 Å². The maximum Gasteiger partial charge on any atom is 0.325 e. The Morgan fingerprint density at radius 3 is 2.45 bits per heavy atom. The highest BCUT2D eigenvalue weighted by Crippen LogP contribution is 2.28. The van der Waals surface area contributed by atoms with Crippen molar-refractivity contribution in [2.45, 2.75) is 70.9 Å². The van der Waals surface area contributed by atoms with Gasteiger partial charge >= 0.3 is 5.97 Å². The van der Waals surface area contributed by atoms with E-state index in [0.717, 1.165) is 32.0 Å². The second kappa shape index (κ2) is 8.63. The van der Waals surface area contributed by atoms with Gasteiger partial charge in [-0.05, 0) is 58.7 Å². The number of nitrogens with one attached hydrogen (secondary N) is 1. The van der Waals surface area contributed by atoms with Gasteiger partial charge in [-0.3, -0.25) is 4.79 Å². The fourth-order valence-electron chi connectivity index (χ4n) is 2.79. The highest BCUT2D eigenvalue weighted by molar-refractivity contribution is 5.80. The summed E-state index contributed by atoms with van der Waals surface area (Å²) >= 11 is 0. The molecular formula is C16H32N2O2. The molecule has 0 aliphatic heterocycles. The molecule has 0 aromatic rings. The number of methoxy groups -OCH3 is 1. The van der Waals surface area contributed by atoms with Crippen LogP contribution in [0.25, 0.3) is 0 Å². The van der Waals surface area contributed by atoms with Crippen LogP contribution in [-0.4, -0.2) is 49.2 Å². The fourth-order valence-corrected chi connectivity index (χ4v) is 2.79. The van der Waals surface area contributed by atoms with Crippen molar-refractivity contribution in [2.75, 3.05) is 26.7 Å². The van der Waals surface area contributed by atoms with Gasteiger partial charge in [0.05, 0.1) is 7.11 Å². The molecule has 0 radical (unpaired) electrons. The Morgan fingerprint density at radius 1 is 1.30 bits per heavy atom. The van der Waals surface area contributed by atoms with Crippen LogP contribution < -0.4 is 5.32 Å².